The fourth-order valence-electron chi connectivity index (χ4n) is 3.44. The predicted molar refractivity (Wildman–Crippen MR) is 89.3 cm³/mol. The Labute approximate surface area is 141 Å². The molecule has 2 fully saturated rings. The van der Waals surface area contributed by atoms with Gasteiger partial charge in [0.1, 0.15) is 6.33 Å². The lowest BCUT2D eigenvalue weighted by Gasteiger charge is -2.35. The van der Waals surface area contributed by atoms with E-state index in [9.17, 15) is 4.79 Å². The maximum atomic E-state index is 13.0. The van der Waals surface area contributed by atoms with Gasteiger partial charge in [-0.25, -0.2) is 0 Å². The van der Waals surface area contributed by atoms with E-state index in [-0.39, 0.29) is 11.9 Å². The lowest BCUT2D eigenvalue weighted by Crippen LogP contribution is -2.39. The number of piperidine rings is 1. The SMILES string of the molecule is Cc1ccc(C(=O)N2CCCC[C@@H]2c2nncn2CC2CC2)cn1. The summed E-state index contributed by atoms with van der Waals surface area (Å²) in [7, 11) is 0. The van der Waals surface area contributed by atoms with E-state index in [0.29, 0.717) is 5.56 Å². The van der Waals surface area contributed by atoms with E-state index in [2.05, 4.69) is 19.7 Å². The largest absolute Gasteiger partial charge is 0.328 e. The minimum Gasteiger partial charge on any atom is -0.328 e. The molecule has 0 spiro atoms. The monoisotopic (exact) mass is 325 g/mol. The van der Waals surface area contributed by atoms with E-state index >= 15 is 0 Å². The van der Waals surface area contributed by atoms with E-state index in [1.807, 2.05) is 30.3 Å². The highest BCUT2D eigenvalue weighted by atomic mass is 16.2. The number of amides is 1. The topological polar surface area (TPSA) is 63.9 Å². The van der Waals surface area contributed by atoms with Crippen LogP contribution >= 0.6 is 0 Å². The molecule has 2 aromatic heterocycles. The number of rotatable bonds is 4. The van der Waals surface area contributed by atoms with Crippen LogP contribution in [0.4, 0.5) is 0 Å². The molecule has 0 bridgehead atoms. The highest BCUT2D eigenvalue weighted by Gasteiger charge is 2.33. The van der Waals surface area contributed by atoms with Crippen molar-refractivity contribution in [3.8, 4) is 0 Å². The van der Waals surface area contributed by atoms with Gasteiger partial charge >= 0.3 is 0 Å². The molecule has 3 heterocycles. The third kappa shape index (κ3) is 3.05. The van der Waals surface area contributed by atoms with E-state index in [1.54, 1.807) is 6.20 Å². The minimum absolute atomic E-state index is 0.0220. The van der Waals surface area contributed by atoms with E-state index in [4.69, 9.17) is 0 Å². The molecule has 4 rings (SSSR count). The van der Waals surface area contributed by atoms with Gasteiger partial charge in [0.2, 0.25) is 0 Å². The summed E-state index contributed by atoms with van der Waals surface area (Å²) in [5.74, 6) is 1.75. The third-order valence-electron chi connectivity index (χ3n) is 5.02. The number of carbonyl (C=O) groups is 1. The number of aryl methyl sites for hydroxylation is 1. The first kappa shape index (κ1) is 15.3. The normalized spacial score (nSPS) is 21.0. The fourth-order valence-corrected chi connectivity index (χ4v) is 3.44. The zero-order chi connectivity index (χ0) is 16.5. The van der Waals surface area contributed by atoms with Crippen LogP contribution in [0.1, 0.15) is 60.0 Å². The first-order valence-corrected chi connectivity index (χ1v) is 8.83. The molecule has 0 N–H and O–H groups in total. The van der Waals surface area contributed by atoms with Crippen molar-refractivity contribution in [1.82, 2.24) is 24.6 Å². The molecule has 1 amide bonds. The number of aromatic nitrogens is 4. The van der Waals surface area contributed by atoms with Gasteiger partial charge in [0.15, 0.2) is 5.82 Å². The van der Waals surface area contributed by atoms with Crippen LogP contribution < -0.4 is 0 Å². The Morgan fingerprint density at radius 2 is 2.12 bits per heavy atom. The van der Waals surface area contributed by atoms with Crippen molar-refractivity contribution >= 4 is 5.91 Å². The second kappa shape index (κ2) is 6.34. The van der Waals surface area contributed by atoms with E-state index in [0.717, 1.165) is 49.8 Å². The maximum Gasteiger partial charge on any atom is 0.256 e. The van der Waals surface area contributed by atoms with Gasteiger partial charge in [0, 0.05) is 25.0 Å². The van der Waals surface area contributed by atoms with Gasteiger partial charge in [0.25, 0.3) is 5.91 Å². The molecule has 1 atom stereocenters. The van der Waals surface area contributed by atoms with Crippen molar-refractivity contribution in [2.24, 2.45) is 5.92 Å². The van der Waals surface area contributed by atoms with Crippen LogP contribution in [0.25, 0.3) is 0 Å². The number of carbonyl (C=O) groups excluding carboxylic acids is 1. The quantitative estimate of drug-likeness (QED) is 0.867. The Morgan fingerprint density at radius 1 is 1.25 bits per heavy atom. The Bertz CT molecular complexity index is 719. The van der Waals surface area contributed by atoms with Crippen LogP contribution in [-0.4, -0.2) is 37.1 Å². The molecule has 6 heteroatoms. The average Bonchev–Trinajstić information content (AvgIpc) is 3.30. The number of pyridine rings is 1. The zero-order valence-corrected chi connectivity index (χ0v) is 14.1. The number of hydrogen-bond acceptors (Lipinski definition) is 4. The Hall–Kier alpha value is -2.24. The van der Waals surface area contributed by atoms with Crippen LogP contribution in [0.3, 0.4) is 0 Å². The molecule has 2 aromatic rings. The molecule has 1 saturated heterocycles. The van der Waals surface area contributed by atoms with Crippen LogP contribution in [0.5, 0.6) is 0 Å². The highest BCUT2D eigenvalue weighted by molar-refractivity contribution is 5.94. The summed E-state index contributed by atoms with van der Waals surface area (Å²) < 4.78 is 2.15. The van der Waals surface area contributed by atoms with Crippen LogP contribution in [0.2, 0.25) is 0 Å². The van der Waals surface area contributed by atoms with Gasteiger partial charge in [-0.2, -0.15) is 0 Å². The fraction of sp³-hybridized carbons (Fsp3) is 0.556. The average molecular weight is 325 g/mol. The van der Waals surface area contributed by atoms with Gasteiger partial charge in [-0.05, 0) is 57.1 Å². The predicted octanol–water partition coefficient (Wildman–Crippen LogP) is 2.76. The van der Waals surface area contributed by atoms with Gasteiger partial charge in [0.05, 0.1) is 11.6 Å². The molecule has 0 aromatic carbocycles. The summed E-state index contributed by atoms with van der Waals surface area (Å²) in [5, 5.41) is 8.48. The molecular weight excluding hydrogens is 302 g/mol. The smallest absolute Gasteiger partial charge is 0.256 e. The lowest BCUT2D eigenvalue weighted by atomic mass is 10.00. The molecule has 0 radical (unpaired) electrons. The molecule has 2 aliphatic rings. The second-order valence-corrected chi connectivity index (χ2v) is 6.98. The van der Waals surface area contributed by atoms with E-state index < -0.39 is 0 Å². The molecule has 24 heavy (non-hydrogen) atoms. The Kier molecular flexibility index (Phi) is 4.04. The van der Waals surface area contributed by atoms with Gasteiger partial charge in [-0.15, -0.1) is 10.2 Å². The Morgan fingerprint density at radius 3 is 2.88 bits per heavy atom. The Balaban J connectivity index is 1.59. The van der Waals surface area contributed by atoms with Crippen molar-refractivity contribution < 1.29 is 4.79 Å². The third-order valence-corrected chi connectivity index (χ3v) is 5.02. The van der Waals surface area contributed by atoms with Crippen molar-refractivity contribution in [2.45, 2.75) is 51.6 Å². The standard InChI is InChI=1S/C18H23N5O/c1-13-5-8-15(10-19-13)18(24)23-9-3-2-4-16(23)17-21-20-12-22(17)11-14-6-7-14/h5,8,10,12,14,16H,2-4,6-7,9,11H2,1H3/t16-/m1/s1. The van der Waals surface area contributed by atoms with E-state index in [1.165, 1.54) is 12.8 Å². The summed E-state index contributed by atoms with van der Waals surface area (Å²) in [6, 6.07) is 3.78. The van der Waals surface area contributed by atoms with Gasteiger partial charge < -0.3 is 9.47 Å². The molecule has 0 unspecified atom stereocenters. The molecule has 126 valence electrons. The number of hydrogen-bond donors (Lipinski definition) is 0. The van der Waals surface area contributed by atoms with Gasteiger partial charge in [-0.3, -0.25) is 9.78 Å². The summed E-state index contributed by atoms with van der Waals surface area (Å²) in [6.07, 6.45) is 9.19. The minimum atomic E-state index is 0.0220. The van der Waals surface area contributed by atoms with Gasteiger partial charge in [-0.1, -0.05) is 0 Å². The number of nitrogens with zero attached hydrogens (tertiary/aromatic N) is 5. The summed E-state index contributed by atoms with van der Waals surface area (Å²) in [6.45, 7) is 3.68. The molecule has 6 nitrogen and oxygen atoms in total. The van der Waals surface area contributed by atoms with Crippen molar-refractivity contribution in [1.29, 1.82) is 0 Å². The first-order valence-electron chi connectivity index (χ1n) is 8.83. The first-order chi connectivity index (χ1) is 11.7. The number of likely N-dealkylation sites (tertiary alicyclic amines) is 1. The van der Waals surface area contributed by atoms with Crippen molar-refractivity contribution in [3.63, 3.8) is 0 Å². The highest BCUT2D eigenvalue weighted by Crippen LogP contribution is 2.34. The lowest BCUT2D eigenvalue weighted by molar-refractivity contribution is 0.0593. The summed E-state index contributed by atoms with van der Waals surface area (Å²) in [5.41, 5.74) is 1.58. The molecule has 1 saturated carbocycles. The van der Waals surface area contributed by atoms with Crippen molar-refractivity contribution in [3.05, 3.63) is 41.7 Å². The van der Waals surface area contributed by atoms with Crippen LogP contribution in [0.15, 0.2) is 24.7 Å². The van der Waals surface area contributed by atoms with Crippen molar-refractivity contribution in [2.75, 3.05) is 6.54 Å². The zero-order valence-electron chi connectivity index (χ0n) is 14.1. The molecular formula is C18H23N5O. The molecule has 1 aliphatic carbocycles. The summed E-state index contributed by atoms with van der Waals surface area (Å²) >= 11 is 0. The van der Waals surface area contributed by atoms with Crippen LogP contribution in [0, 0.1) is 12.8 Å². The molecule has 1 aliphatic heterocycles. The van der Waals surface area contributed by atoms with Crippen LogP contribution in [-0.2, 0) is 6.54 Å². The summed E-state index contributed by atoms with van der Waals surface area (Å²) in [4.78, 5) is 19.2. The second-order valence-electron chi connectivity index (χ2n) is 6.98. The maximum absolute atomic E-state index is 13.0.